The van der Waals surface area contributed by atoms with E-state index < -0.39 is 0 Å². The van der Waals surface area contributed by atoms with Crippen molar-refractivity contribution in [1.82, 2.24) is 15.0 Å². The summed E-state index contributed by atoms with van der Waals surface area (Å²) in [7, 11) is 0. The third-order valence-electron chi connectivity index (χ3n) is 4.66. The molecular formula is C19H22N6O. The Morgan fingerprint density at radius 2 is 1.92 bits per heavy atom. The second kappa shape index (κ2) is 7.53. The van der Waals surface area contributed by atoms with Gasteiger partial charge in [0.1, 0.15) is 5.82 Å². The highest BCUT2D eigenvalue weighted by atomic mass is 16.3. The van der Waals surface area contributed by atoms with E-state index in [4.69, 9.17) is 10.2 Å². The monoisotopic (exact) mass is 350 g/mol. The van der Waals surface area contributed by atoms with E-state index in [-0.39, 0.29) is 12.1 Å². The second-order valence-electron chi connectivity index (χ2n) is 6.53. The molecule has 0 saturated heterocycles. The minimum Gasteiger partial charge on any atom is -0.444 e. The molecule has 3 aromatic rings. The second-order valence-corrected chi connectivity index (χ2v) is 6.53. The van der Waals surface area contributed by atoms with Gasteiger partial charge in [-0.1, -0.05) is 12.8 Å². The van der Waals surface area contributed by atoms with Crippen LogP contribution < -0.4 is 16.4 Å². The van der Waals surface area contributed by atoms with E-state index in [1.807, 2.05) is 30.3 Å². The van der Waals surface area contributed by atoms with Crippen molar-refractivity contribution in [3.8, 4) is 11.3 Å². The zero-order chi connectivity index (χ0) is 17.8. The summed E-state index contributed by atoms with van der Waals surface area (Å²) in [6.45, 7) is 0. The first-order chi connectivity index (χ1) is 12.8. The average Bonchev–Trinajstić information content (AvgIpc) is 3.19. The first kappa shape index (κ1) is 16.5. The van der Waals surface area contributed by atoms with Gasteiger partial charge in [-0.2, -0.15) is 4.98 Å². The van der Waals surface area contributed by atoms with Gasteiger partial charge >= 0.3 is 0 Å². The summed E-state index contributed by atoms with van der Waals surface area (Å²) >= 11 is 0. The normalized spacial score (nSPS) is 19.9. The van der Waals surface area contributed by atoms with Crippen molar-refractivity contribution in [3.05, 3.63) is 49.1 Å². The molecule has 1 aromatic carbocycles. The van der Waals surface area contributed by atoms with Gasteiger partial charge in [-0.05, 0) is 43.2 Å². The largest absolute Gasteiger partial charge is 0.444 e. The summed E-state index contributed by atoms with van der Waals surface area (Å²) in [5.74, 6) is 2.09. The molecule has 1 aliphatic rings. The molecule has 1 aliphatic carbocycles. The molecule has 0 bridgehead atoms. The fourth-order valence-electron chi connectivity index (χ4n) is 3.23. The number of hydrogen-bond acceptors (Lipinski definition) is 7. The molecule has 2 heterocycles. The number of benzene rings is 1. The van der Waals surface area contributed by atoms with Crippen molar-refractivity contribution in [2.75, 3.05) is 10.6 Å². The van der Waals surface area contributed by atoms with Crippen molar-refractivity contribution in [1.29, 1.82) is 0 Å². The Morgan fingerprint density at radius 1 is 1.08 bits per heavy atom. The van der Waals surface area contributed by atoms with Crippen molar-refractivity contribution in [2.45, 2.75) is 37.8 Å². The molecule has 7 nitrogen and oxygen atoms in total. The summed E-state index contributed by atoms with van der Waals surface area (Å²) in [5.41, 5.74) is 8.11. The maximum absolute atomic E-state index is 6.20. The molecule has 0 radical (unpaired) electrons. The van der Waals surface area contributed by atoms with Crippen molar-refractivity contribution in [3.63, 3.8) is 0 Å². The summed E-state index contributed by atoms with van der Waals surface area (Å²) in [5, 5.41) is 6.67. The highest BCUT2D eigenvalue weighted by molar-refractivity contribution is 5.64. The van der Waals surface area contributed by atoms with Crippen LogP contribution >= 0.6 is 0 Å². The quantitative estimate of drug-likeness (QED) is 0.646. The van der Waals surface area contributed by atoms with E-state index in [2.05, 4.69) is 25.6 Å². The van der Waals surface area contributed by atoms with E-state index in [1.54, 1.807) is 12.4 Å². The SMILES string of the molecule is N[C@H]1CCCC[C@H]1Nc1nccc(Nc2ccc(-c3cnco3)cc2)n1. The standard InChI is InChI=1S/C19H22N6O/c20-15-3-1-2-4-16(15)24-19-22-10-9-18(25-19)23-14-7-5-13(6-8-14)17-11-21-12-26-17/h5-12,15-16H,1-4,20H2,(H2,22,23,24,25)/t15-,16+/m0/s1. The van der Waals surface area contributed by atoms with E-state index in [0.29, 0.717) is 5.95 Å². The van der Waals surface area contributed by atoms with E-state index in [9.17, 15) is 0 Å². The van der Waals surface area contributed by atoms with E-state index in [0.717, 1.165) is 35.7 Å². The minimum atomic E-state index is 0.160. The van der Waals surface area contributed by atoms with Crippen LogP contribution in [0, 0.1) is 0 Å². The lowest BCUT2D eigenvalue weighted by Gasteiger charge is -2.29. The van der Waals surface area contributed by atoms with Gasteiger partial charge in [-0.25, -0.2) is 9.97 Å². The number of anilines is 3. The van der Waals surface area contributed by atoms with Crippen LogP contribution in [0.15, 0.2) is 53.5 Å². The first-order valence-corrected chi connectivity index (χ1v) is 8.89. The molecule has 1 fully saturated rings. The van der Waals surface area contributed by atoms with Crippen LogP contribution in [0.25, 0.3) is 11.3 Å². The predicted molar refractivity (Wildman–Crippen MR) is 101 cm³/mol. The Kier molecular flexibility index (Phi) is 4.79. The topological polar surface area (TPSA) is 102 Å². The highest BCUT2D eigenvalue weighted by Crippen LogP contribution is 2.23. The molecule has 7 heteroatoms. The van der Waals surface area contributed by atoms with Crippen molar-refractivity contribution < 1.29 is 4.42 Å². The molecule has 4 rings (SSSR count). The number of rotatable bonds is 5. The third kappa shape index (κ3) is 3.83. The van der Waals surface area contributed by atoms with Gasteiger partial charge < -0.3 is 20.8 Å². The molecule has 2 atom stereocenters. The molecule has 0 unspecified atom stereocenters. The zero-order valence-corrected chi connectivity index (χ0v) is 14.4. The molecule has 2 aromatic heterocycles. The first-order valence-electron chi connectivity index (χ1n) is 8.89. The molecule has 134 valence electrons. The summed E-state index contributed by atoms with van der Waals surface area (Å²) in [6.07, 6.45) is 9.37. The number of aromatic nitrogens is 3. The average molecular weight is 350 g/mol. The molecule has 4 N–H and O–H groups in total. The van der Waals surface area contributed by atoms with Crippen LogP contribution in [0.3, 0.4) is 0 Å². The molecule has 26 heavy (non-hydrogen) atoms. The number of nitrogens with two attached hydrogens (primary N) is 1. The van der Waals surface area contributed by atoms with E-state index in [1.165, 1.54) is 19.2 Å². The number of hydrogen-bond donors (Lipinski definition) is 3. The Labute approximate surface area is 152 Å². The van der Waals surface area contributed by atoms with Crippen molar-refractivity contribution >= 4 is 17.5 Å². The maximum atomic E-state index is 6.20. The van der Waals surface area contributed by atoms with Gasteiger partial charge in [0.25, 0.3) is 0 Å². The van der Waals surface area contributed by atoms with Gasteiger partial charge in [0.2, 0.25) is 5.95 Å². The minimum absolute atomic E-state index is 0.160. The zero-order valence-electron chi connectivity index (χ0n) is 14.4. The Hall–Kier alpha value is -2.93. The number of nitrogens with zero attached hydrogens (tertiary/aromatic N) is 3. The predicted octanol–water partition coefficient (Wildman–Crippen LogP) is 3.56. The van der Waals surface area contributed by atoms with Crippen LogP contribution in [0.4, 0.5) is 17.5 Å². The Balaban J connectivity index is 1.43. The van der Waals surface area contributed by atoms with Gasteiger partial charge in [0.05, 0.1) is 6.20 Å². The summed E-state index contributed by atoms with van der Waals surface area (Å²) in [6, 6.07) is 10.1. The number of nitrogens with one attached hydrogen (secondary N) is 2. The van der Waals surface area contributed by atoms with Gasteiger partial charge in [0, 0.05) is 29.5 Å². The maximum Gasteiger partial charge on any atom is 0.224 e. The third-order valence-corrected chi connectivity index (χ3v) is 4.66. The molecule has 0 aliphatic heterocycles. The van der Waals surface area contributed by atoms with Gasteiger partial charge in [-0.3, -0.25) is 0 Å². The molecular weight excluding hydrogens is 328 g/mol. The molecule has 0 spiro atoms. The van der Waals surface area contributed by atoms with Crippen LogP contribution in [0.1, 0.15) is 25.7 Å². The molecule has 1 saturated carbocycles. The Bertz CT molecular complexity index is 834. The highest BCUT2D eigenvalue weighted by Gasteiger charge is 2.22. The Morgan fingerprint density at radius 3 is 2.69 bits per heavy atom. The lowest BCUT2D eigenvalue weighted by Crippen LogP contribution is -2.42. The molecule has 0 amide bonds. The van der Waals surface area contributed by atoms with Crippen LogP contribution in [-0.2, 0) is 0 Å². The summed E-state index contributed by atoms with van der Waals surface area (Å²) in [4.78, 5) is 12.8. The fraction of sp³-hybridized carbons (Fsp3) is 0.316. The summed E-state index contributed by atoms with van der Waals surface area (Å²) < 4.78 is 5.30. The number of oxazole rings is 1. The van der Waals surface area contributed by atoms with Gasteiger partial charge in [0.15, 0.2) is 12.2 Å². The lowest BCUT2D eigenvalue weighted by molar-refractivity contribution is 0.402. The van der Waals surface area contributed by atoms with Crippen LogP contribution in [0.2, 0.25) is 0 Å². The fourth-order valence-corrected chi connectivity index (χ4v) is 3.23. The smallest absolute Gasteiger partial charge is 0.224 e. The van der Waals surface area contributed by atoms with Crippen molar-refractivity contribution in [2.24, 2.45) is 5.73 Å². The van der Waals surface area contributed by atoms with Gasteiger partial charge in [-0.15, -0.1) is 0 Å². The van der Waals surface area contributed by atoms with Crippen LogP contribution in [-0.4, -0.2) is 27.0 Å². The van der Waals surface area contributed by atoms with Crippen LogP contribution in [0.5, 0.6) is 0 Å². The van der Waals surface area contributed by atoms with E-state index >= 15 is 0 Å². The lowest BCUT2D eigenvalue weighted by atomic mass is 9.91.